The summed E-state index contributed by atoms with van der Waals surface area (Å²) in [5.74, 6) is 0.973. The number of carbonyl (C=O) groups excluding carboxylic acids is 1. The molecule has 1 atom stereocenters. The highest BCUT2D eigenvalue weighted by Gasteiger charge is 2.23. The molecule has 7 heteroatoms. The average Bonchev–Trinajstić information content (AvgIpc) is 3.15. The number of amides is 2. The highest BCUT2D eigenvalue weighted by Crippen LogP contribution is 2.30. The molecule has 22 heavy (non-hydrogen) atoms. The van der Waals surface area contributed by atoms with E-state index >= 15 is 0 Å². The number of nitrogens with zero attached hydrogens (tertiary/aromatic N) is 2. The van der Waals surface area contributed by atoms with Gasteiger partial charge in [0.05, 0.1) is 12.3 Å². The molecule has 2 heterocycles. The normalized spacial score (nSPS) is 17.2. The van der Waals surface area contributed by atoms with Gasteiger partial charge in [0.1, 0.15) is 16.8 Å². The molecule has 3 aromatic rings. The molecule has 1 aliphatic rings. The summed E-state index contributed by atoms with van der Waals surface area (Å²) in [6.45, 7) is 0. The lowest BCUT2D eigenvalue weighted by atomic mass is 9.93. The smallest absolute Gasteiger partial charge is 0.319 e. The number of fused-ring (bicyclic) bond motifs is 2. The fraction of sp³-hybridized carbons (Fsp3) is 0.267. The van der Waals surface area contributed by atoms with E-state index in [-0.39, 0.29) is 12.1 Å². The van der Waals surface area contributed by atoms with Crippen LogP contribution in [0.15, 0.2) is 34.9 Å². The third-order valence-electron chi connectivity index (χ3n) is 3.93. The first-order valence-corrected chi connectivity index (χ1v) is 7.24. The number of furan rings is 1. The SMILES string of the molecule is O=C(Nc1ccc2n[nH]nc2c1)NC1CCCc2occc21. The molecule has 1 aromatic carbocycles. The van der Waals surface area contributed by atoms with E-state index < -0.39 is 0 Å². The molecule has 0 aliphatic heterocycles. The van der Waals surface area contributed by atoms with E-state index in [0.717, 1.165) is 36.1 Å². The zero-order valence-electron chi connectivity index (χ0n) is 11.8. The molecule has 112 valence electrons. The first kappa shape index (κ1) is 12.9. The van der Waals surface area contributed by atoms with Crippen molar-refractivity contribution in [3.05, 3.63) is 41.9 Å². The Hall–Kier alpha value is -2.83. The second kappa shape index (κ2) is 5.18. The van der Waals surface area contributed by atoms with Crippen molar-refractivity contribution in [2.24, 2.45) is 0 Å². The van der Waals surface area contributed by atoms with Gasteiger partial charge in [0, 0.05) is 17.7 Å². The van der Waals surface area contributed by atoms with Gasteiger partial charge < -0.3 is 15.1 Å². The predicted molar refractivity (Wildman–Crippen MR) is 80.4 cm³/mol. The van der Waals surface area contributed by atoms with Crippen molar-refractivity contribution in [1.29, 1.82) is 0 Å². The Kier molecular flexibility index (Phi) is 3.03. The van der Waals surface area contributed by atoms with Crippen LogP contribution in [-0.4, -0.2) is 21.4 Å². The van der Waals surface area contributed by atoms with E-state index in [2.05, 4.69) is 26.0 Å². The predicted octanol–water partition coefficient (Wildman–Crippen LogP) is 2.75. The monoisotopic (exact) mass is 297 g/mol. The van der Waals surface area contributed by atoms with Crippen molar-refractivity contribution in [3.8, 4) is 0 Å². The van der Waals surface area contributed by atoms with Gasteiger partial charge in [-0.15, -0.1) is 0 Å². The van der Waals surface area contributed by atoms with Crippen LogP contribution >= 0.6 is 0 Å². The van der Waals surface area contributed by atoms with Gasteiger partial charge in [0.25, 0.3) is 0 Å². The first-order chi connectivity index (χ1) is 10.8. The third kappa shape index (κ3) is 2.30. The molecule has 2 aromatic heterocycles. The van der Waals surface area contributed by atoms with Gasteiger partial charge in [-0.25, -0.2) is 4.79 Å². The van der Waals surface area contributed by atoms with E-state index in [1.807, 2.05) is 12.1 Å². The Morgan fingerprint density at radius 3 is 3.14 bits per heavy atom. The molecule has 4 rings (SSSR count). The van der Waals surface area contributed by atoms with Gasteiger partial charge in [-0.2, -0.15) is 15.4 Å². The minimum absolute atomic E-state index is 0.00159. The number of aromatic amines is 1. The van der Waals surface area contributed by atoms with Crippen molar-refractivity contribution >= 4 is 22.8 Å². The van der Waals surface area contributed by atoms with Crippen LogP contribution in [0.4, 0.5) is 10.5 Å². The molecule has 1 aliphatic carbocycles. The second-order valence-corrected chi connectivity index (χ2v) is 5.37. The summed E-state index contributed by atoms with van der Waals surface area (Å²) in [4.78, 5) is 12.2. The van der Waals surface area contributed by atoms with Crippen LogP contribution < -0.4 is 10.6 Å². The molecule has 0 spiro atoms. The van der Waals surface area contributed by atoms with Gasteiger partial charge in [-0.3, -0.25) is 0 Å². The van der Waals surface area contributed by atoms with Gasteiger partial charge >= 0.3 is 6.03 Å². The summed E-state index contributed by atoms with van der Waals surface area (Å²) in [7, 11) is 0. The summed E-state index contributed by atoms with van der Waals surface area (Å²) < 4.78 is 5.43. The van der Waals surface area contributed by atoms with Crippen LogP contribution in [0.1, 0.15) is 30.2 Å². The molecule has 3 N–H and O–H groups in total. The van der Waals surface area contributed by atoms with Crippen LogP contribution in [0.5, 0.6) is 0 Å². The average molecular weight is 297 g/mol. The van der Waals surface area contributed by atoms with Crippen molar-refractivity contribution in [2.75, 3.05) is 5.32 Å². The number of aromatic nitrogens is 3. The number of hydrogen-bond donors (Lipinski definition) is 3. The lowest BCUT2D eigenvalue weighted by Crippen LogP contribution is -2.34. The number of benzene rings is 1. The molecule has 0 bridgehead atoms. The van der Waals surface area contributed by atoms with E-state index in [1.54, 1.807) is 18.4 Å². The van der Waals surface area contributed by atoms with Crippen LogP contribution in [0, 0.1) is 0 Å². The molecule has 0 saturated carbocycles. The van der Waals surface area contributed by atoms with Crippen LogP contribution in [0.2, 0.25) is 0 Å². The summed E-state index contributed by atoms with van der Waals surface area (Å²) in [6, 6.07) is 7.08. The summed E-state index contributed by atoms with van der Waals surface area (Å²) in [5.41, 5.74) is 3.24. The summed E-state index contributed by atoms with van der Waals surface area (Å²) >= 11 is 0. The van der Waals surface area contributed by atoms with Crippen molar-refractivity contribution in [3.63, 3.8) is 0 Å². The fourth-order valence-electron chi connectivity index (χ4n) is 2.88. The highest BCUT2D eigenvalue weighted by molar-refractivity contribution is 5.91. The largest absolute Gasteiger partial charge is 0.469 e. The number of hydrogen-bond acceptors (Lipinski definition) is 4. The Labute approximate surface area is 126 Å². The van der Waals surface area contributed by atoms with E-state index in [9.17, 15) is 4.79 Å². The van der Waals surface area contributed by atoms with Crippen molar-refractivity contribution < 1.29 is 9.21 Å². The van der Waals surface area contributed by atoms with Gasteiger partial charge in [-0.1, -0.05) is 0 Å². The zero-order valence-corrected chi connectivity index (χ0v) is 11.8. The van der Waals surface area contributed by atoms with Gasteiger partial charge in [0.15, 0.2) is 0 Å². The van der Waals surface area contributed by atoms with Crippen molar-refractivity contribution in [2.45, 2.75) is 25.3 Å². The number of rotatable bonds is 2. The zero-order chi connectivity index (χ0) is 14.9. The summed E-state index contributed by atoms with van der Waals surface area (Å²) in [5, 5.41) is 16.4. The minimum Gasteiger partial charge on any atom is -0.469 e. The molecule has 0 saturated heterocycles. The Morgan fingerprint density at radius 1 is 1.27 bits per heavy atom. The van der Waals surface area contributed by atoms with E-state index in [0.29, 0.717) is 11.2 Å². The fourth-order valence-corrected chi connectivity index (χ4v) is 2.88. The lowest BCUT2D eigenvalue weighted by Gasteiger charge is -2.22. The molecular formula is C15H15N5O2. The van der Waals surface area contributed by atoms with E-state index in [1.165, 1.54) is 0 Å². The summed E-state index contributed by atoms with van der Waals surface area (Å²) in [6.07, 6.45) is 4.55. The molecule has 0 radical (unpaired) electrons. The molecular weight excluding hydrogens is 282 g/mol. The number of nitrogens with one attached hydrogen (secondary N) is 3. The van der Waals surface area contributed by atoms with E-state index in [4.69, 9.17) is 4.42 Å². The number of anilines is 1. The lowest BCUT2D eigenvalue weighted by molar-refractivity contribution is 0.246. The number of urea groups is 1. The van der Waals surface area contributed by atoms with Gasteiger partial charge in [-0.05, 0) is 37.1 Å². The second-order valence-electron chi connectivity index (χ2n) is 5.37. The highest BCUT2D eigenvalue weighted by atomic mass is 16.3. The topological polar surface area (TPSA) is 95.8 Å². The minimum atomic E-state index is -0.234. The Bertz CT molecular complexity index is 822. The van der Waals surface area contributed by atoms with Crippen LogP contribution in [0.3, 0.4) is 0 Å². The third-order valence-corrected chi connectivity index (χ3v) is 3.93. The van der Waals surface area contributed by atoms with Gasteiger partial charge in [0.2, 0.25) is 0 Å². The standard InChI is InChI=1S/C15H15N5O2/c21-15(16-9-4-5-12-13(8-9)19-20-18-12)17-11-2-1-3-14-10(11)6-7-22-14/h4-8,11H,1-3H2,(H2,16,17,21)(H,18,19,20). The number of H-pyrrole nitrogens is 1. The number of aryl methyl sites for hydroxylation is 1. The van der Waals surface area contributed by atoms with Crippen molar-refractivity contribution in [1.82, 2.24) is 20.7 Å². The quantitative estimate of drug-likeness (QED) is 0.677. The number of carbonyl (C=O) groups is 1. The molecule has 7 nitrogen and oxygen atoms in total. The first-order valence-electron chi connectivity index (χ1n) is 7.24. The Balaban J connectivity index is 1.47. The maximum Gasteiger partial charge on any atom is 0.319 e. The van der Waals surface area contributed by atoms with Crippen LogP contribution in [0.25, 0.3) is 11.0 Å². The maximum atomic E-state index is 12.2. The molecule has 1 unspecified atom stereocenters. The molecule has 2 amide bonds. The van der Waals surface area contributed by atoms with Crippen LogP contribution in [-0.2, 0) is 6.42 Å². The molecule has 0 fully saturated rings. The Morgan fingerprint density at radius 2 is 2.18 bits per heavy atom. The maximum absolute atomic E-state index is 12.2.